The molecule has 2 N–H and O–H groups in total. The van der Waals surface area contributed by atoms with Crippen LogP contribution in [0.4, 0.5) is 0 Å². The molecule has 1 aliphatic rings. The number of carbonyl (C=O) groups excluding carboxylic acids is 2. The Morgan fingerprint density at radius 2 is 1.81 bits per heavy atom. The Morgan fingerprint density at radius 3 is 2.39 bits per heavy atom. The van der Waals surface area contributed by atoms with Crippen LogP contribution < -0.4 is 14.8 Å². The van der Waals surface area contributed by atoms with Gasteiger partial charge < -0.3 is 24.8 Å². The van der Waals surface area contributed by atoms with Crippen molar-refractivity contribution in [1.29, 1.82) is 0 Å². The smallest absolute Gasteiger partial charge is 0.328 e. The number of amides is 2. The van der Waals surface area contributed by atoms with Gasteiger partial charge in [-0.2, -0.15) is 0 Å². The molecular weight excluding hydrogens is 402 g/mol. The summed E-state index contributed by atoms with van der Waals surface area (Å²) in [6.07, 6.45) is 2.48. The lowest BCUT2D eigenvalue weighted by Crippen LogP contribution is -2.53. The van der Waals surface area contributed by atoms with E-state index in [0.717, 1.165) is 6.08 Å². The number of nitrogens with zero attached hydrogens (tertiary/aromatic N) is 2. The number of carboxylic acid groups (broad SMARTS) is 1. The third-order valence-corrected chi connectivity index (χ3v) is 4.56. The highest BCUT2D eigenvalue weighted by Gasteiger charge is 2.24. The second-order valence-electron chi connectivity index (χ2n) is 8.33. The third kappa shape index (κ3) is 8.29. The van der Waals surface area contributed by atoms with Crippen molar-refractivity contribution in [3.63, 3.8) is 0 Å². The highest BCUT2D eigenvalue weighted by atomic mass is 16.5. The van der Waals surface area contributed by atoms with E-state index in [1.165, 1.54) is 13.2 Å². The molecule has 0 aromatic heterocycles. The summed E-state index contributed by atoms with van der Waals surface area (Å²) in [5, 5.41) is 11.7. The van der Waals surface area contributed by atoms with E-state index in [1.54, 1.807) is 23.1 Å². The minimum absolute atomic E-state index is 0.0237. The first-order valence-electron chi connectivity index (χ1n) is 10.1. The van der Waals surface area contributed by atoms with Crippen LogP contribution >= 0.6 is 0 Å². The molecule has 1 aromatic carbocycles. The monoisotopic (exact) mass is 433 g/mol. The highest BCUT2D eigenvalue weighted by molar-refractivity contribution is 5.85. The first-order chi connectivity index (χ1) is 14.6. The van der Waals surface area contributed by atoms with Crippen LogP contribution in [0.3, 0.4) is 0 Å². The molecule has 0 aliphatic carbocycles. The molecule has 1 aliphatic heterocycles. The van der Waals surface area contributed by atoms with Gasteiger partial charge in [0.15, 0.2) is 18.1 Å². The molecule has 170 valence electrons. The molecule has 1 fully saturated rings. The Morgan fingerprint density at radius 1 is 1.13 bits per heavy atom. The zero-order valence-corrected chi connectivity index (χ0v) is 18.5. The van der Waals surface area contributed by atoms with Crippen molar-refractivity contribution in [3.05, 3.63) is 29.8 Å². The molecular formula is C22H31N3O6. The normalized spacial score (nSPS) is 15.0. The summed E-state index contributed by atoms with van der Waals surface area (Å²) >= 11 is 0. The van der Waals surface area contributed by atoms with E-state index in [0.29, 0.717) is 49.8 Å². The molecule has 0 saturated carbocycles. The number of nitrogens with one attached hydrogen (secondary N) is 1. The van der Waals surface area contributed by atoms with Gasteiger partial charge in [-0.15, -0.1) is 0 Å². The van der Waals surface area contributed by atoms with E-state index < -0.39 is 5.97 Å². The quantitative estimate of drug-likeness (QED) is 0.594. The predicted molar refractivity (Wildman–Crippen MR) is 116 cm³/mol. The molecule has 0 bridgehead atoms. The number of benzene rings is 1. The van der Waals surface area contributed by atoms with E-state index in [-0.39, 0.29) is 24.0 Å². The molecule has 9 nitrogen and oxygen atoms in total. The minimum atomic E-state index is -1.04. The largest absolute Gasteiger partial charge is 0.493 e. The lowest BCUT2D eigenvalue weighted by atomic mass is 10.1. The zero-order chi connectivity index (χ0) is 23.0. The van der Waals surface area contributed by atoms with Crippen LogP contribution in [-0.4, -0.2) is 84.7 Å². The van der Waals surface area contributed by atoms with Crippen molar-refractivity contribution in [3.8, 4) is 11.5 Å². The number of rotatable bonds is 8. The van der Waals surface area contributed by atoms with Gasteiger partial charge >= 0.3 is 5.97 Å². The van der Waals surface area contributed by atoms with Crippen LogP contribution in [0.5, 0.6) is 11.5 Å². The van der Waals surface area contributed by atoms with Gasteiger partial charge in [0, 0.05) is 37.8 Å². The second kappa shape index (κ2) is 10.8. The van der Waals surface area contributed by atoms with E-state index in [1.807, 2.05) is 25.7 Å². The number of carbonyl (C=O) groups is 3. The van der Waals surface area contributed by atoms with Crippen molar-refractivity contribution in [2.75, 3.05) is 46.4 Å². The van der Waals surface area contributed by atoms with Gasteiger partial charge in [-0.25, -0.2) is 4.79 Å². The molecule has 2 amide bonds. The highest BCUT2D eigenvalue weighted by Crippen LogP contribution is 2.28. The van der Waals surface area contributed by atoms with Crippen molar-refractivity contribution in [2.24, 2.45) is 0 Å². The summed E-state index contributed by atoms with van der Waals surface area (Å²) < 4.78 is 10.9. The maximum absolute atomic E-state index is 12.5. The summed E-state index contributed by atoms with van der Waals surface area (Å²) in [7, 11) is 1.48. The van der Waals surface area contributed by atoms with Crippen LogP contribution in [0.25, 0.3) is 6.08 Å². The molecule has 1 heterocycles. The van der Waals surface area contributed by atoms with Crippen LogP contribution in [0.1, 0.15) is 26.3 Å². The van der Waals surface area contributed by atoms with Gasteiger partial charge in [-0.1, -0.05) is 6.07 Å². The zero-order valence-electron chi connectivity index (χ0n) is 18.5. The summed E-state index contributed by atoms with van der Waals surface area (Å²) in [6, 6.07) is 4.96. The summed E-state index contributed by atoms with van der Waals surface area (Å²) in [6.45, 7) is 8.31. The summed E-state index contributed by atoms with van der Waals surface area (Å²) in [4.78, 5) is 39.0. The average Bonchev–Trinajstić information content (AvgIpc) is 2.69. The number of methoxy groups -OCH3 is 1. The lowest BCUT2D eigenvalue weighted by molar-refractivity contribution is -0.135. The summed E-state index contributed by atoms with van der Waals surface area (Å²) in [5.74, 6) is -0.393. The molecule has 0 radical (unpaired) electrons. The van der Waals surface area contributed by atoms with Gasteiger partial charge in [0.25, 0.3) is 5.91 Å². The number of piperazine rings is 1. The fraction of sp³-hybridized carbons (Fsp3) is 0.500. The predicted octanol–water partition coefficient (Wildman–Crippen LogP) is 1.23. The van der Waals surface area contributed by atoms with Gasteiger partial charge in [-0.05, 0) is 44.5 Å². The first kappa shape index (κ1) is 24.2. The van der Waals surface area contributed by atoms with Crippen molar-refractivity contribution < 1.29 is 29.0 Å². The van der Waals surface area contributed by atoms with Gasteiger partial charge in [0.05, 0.1) is 13.7 Å². The topological polar surface area (TPSA) is 108 Å². The Labute approximate surface area is 182 Å². The molecule has 1 saturated heterocycles. The average molecular weight is 434 g/mol. The van der Waals surface area contributed by atoms with E-state index in [9.17, 15) is 14.4 Å². The molecule has 0 atom stereocenters. The molecule has 9 heteroatoms. The van der Waals surface area contributed by atoms with E-state index >= 15 is 0 Å². The van der Waals surface area contributed by atoms with Gasteiger partial charge in [0.2, 0.25) is 5.91 Å². The molecule has 31 heavy (non-hydrogen) atoms. The second-order valence-corrected chi connectivity index (χ2v) is 8.33. The maximum atomic E-state index is 12.5. The number of hydrogen-bond acceptors (Lipinski definition) is 6. The molecule has 0 unspecified atom stereocenters. The fourth-order valence-corrected chi connectivity index (χ4v) is 3.12. The van der Waals surface area contributed by atoms with Crippen molar-refractivity contribution in [1.82, 2.24) is 15.1 Å². The number of carboxylic acids is 1. The molecule has 0 spiro atoms. The Bertz CT molecular complexity index is 823. The maximum Gasteiger partial charge on any atom is 0.328 e. The Kier molecular flexibility index (Phi) is 8.44. The fourth-order valence-electron chi connectivity index (χ4n) is 3.12. The van der Waals surface area contributed by atoms with Crippen LogP contribution in [-0.2, 0) is 14.4 Å². The van der Waals surface area contributed by atoms with Gasteiger partial charge in [-0.3, -0.25) is 14.5 Å². The lowest BCUT2D eigenvalue weighted by Gasteiger charge is -2.34. The Balaban J connectivity index is 1.83. The number of ether oxygens (including phenoxy) is 2. The third-order valence-electron chi connectivity index (χ3n) is 4.56. The van der Waals surface area contributed by atoms with Crippen LogP contribution in [0.2, 0.25) is 0 Å². The standard InChI is InChI=1S/C22H31N3O6/c1-22(2,3)23-19(26)14-24-9-11-25(12-10-24)20(27)15-31-17-7-5-16(6-8-21(28)29)13-18(17)30-4/h5-8,13H,9-12,14-15H2,1-4H3,(H,23,26)(H,28,29). The minimum Gasteiger partial charge on any atom is -0.493 e. The van der Waals surface area contributed by atoms with Crippen molar-refractivity contribution >= 4 is 23.9 Å². The number of aliphatic carboxylic acids is 1. The molecule has 2 rings (SSSR count). The number of hydrogen-bond donors (Lipinski definition) is 2. The SMILES string of the molecule is COc1cc(C=CC(=O)O)ccc1OCC(=O)N1CCN(CC(=O)NC(C)(C)C)CC1. The van der Waals surface area contributed by atoms with Crippen LogP contribution in [0.15, 0.2) is 24.3 Å². The molecule has 1 aromatic rings. The van der Waals surface area contributed by atoms with E-state index in [2.05, 4.69) is 5.32 Å². The summed E-state index contributed by atoms with van der Waals surface area (Å²) in [5.41, 5.74) is 0.377. The Hall–Kier alpha value is -3.07. The van der Waals surface area contributed by atoms with Crippen LogP contribution in [0, 0.1) is 0 Å². The van der Waals surface area contributed by atoms with Gasteiger partial charge in [0.1, 0.15) is 0 Å². The first-order valence-corrected chi connectivity index (χ1v) is 10.1. The van der Waals surface area contributed by atoms with E-state index in [4.69, 9.17) is 14.6 Å². The van der Waals surface area contributed by atoms with Crippen molar-refractivity contribution in [2.45, 2.75) is 26.3 Å².